The Morgan fingerprint density at radius 3 is 2.62 bits per heavy atom. The standard InChI is InChI=1S/C29H30ClN7/c1-36-13-15-37(16-14-36)19-20-5-11-26-27(17-20)33-29(32-26)22-7-10-25(30)21(18-22)6-8-24-9-12-28(35-34-24)31-23-3-2-4-23/h5,7,9-12,17-18,23H,2-4,13-16,19H2,1H3,(H,31,35)(H,32,33). The van der Waals surface area contributed by atoms with E-state index in [1.165, 1.54) is 24.8 Å². The van der Waals surface area contributed by atoms with Gasteiger partial charge >= 0.3 is 0 Å². The predicted octanol–water partition coefficient (Wildman–Crippen LogP) is 4.78. The van der Waals surface area contributed by atoms with Crippen molar-refractivity contribution in [3.63, 3.8) is 0 Å². The van der Waals surface area contributed by atoms with Crippen LogP contribution in [0.25, 0.3) is 22.4 Å². The quantitative estimate of drug-likeness (QED) is 0.375. The summed E-state index contributed by atoms with van der Waals surface area (Å²) in [7, 11) is 2.18. The molecule has 8 heteroatoms. The van der Waals surface area contributed by atoms with Gasteiger partial charge in [0, 0.05) is 49.9 Å². The largest absolute Gasteiger partial charge is 0.366 e. The van der Waals surface area contributed by atoms with Gasteiger partial charge in [0.05, 0.1) is 16.1 Å². The van der Waals surface area contributed by atoms with Crippen LogP contribution in [0.15, 0.2) is 48.5 Å². The summed E-state index contributed by atoms with van der Waals surface area (Å²) in [6, 6.07) is 16.6. The van der Waals surface area contributed by atoms with Crippen LogP contribution >= 0.6 is 11.6 Å². The number of imidazole rings is 1. The van der Waals surface area contributed by atoms with Crippen LogP contribution in [-0.4, -0.2) is 69.2 Å². The topological polar surface area (TPSA) is 73.0 Å². The third-order valence-electron chi connectivity index (χ3n) is 7.24. The smallest absolute Gasteiger partial charge is 0.148 e. The first-order chi connectivity index (χ1) is 18.1. The summed E-state index contributed by atoms with van der Waals surface area (Å²) < 4.78 is 0. The average Bonchev–Trinajstić information content (AvgIpc) is 3.31. The van der Waals surface area contributed by atoms with E-state index in [1.807, 2.05) is 30.3 Å². The van der Waals surface area contributed by atoms with Gasteiger partial charge in [-0.05, 0) is 80.3 Å². The molecule has 2 N–H and O–H groups in total. The minimum Gasteiger partial charge on any atom is -0.366 e. The van der Waals surface area contributed by atoms with E-state index < -0.39 is 0 Å². The molecule has 2 aromatic heterocycles. The number of aromatic amines is 1. The van der Waals surface area contributed by atoms with Crippen LogP contribution in [0.5, 0.6) is 0 Å². The molecule has 2 aromatic carbocycles. The van der Waals surface area contributed by atoms with E-state index >= 15 is 0 Å². The minimum atomic E-state index is 0.523. The van der Waals surface area contributed by atoms with E-state index in [0.717, 1.165) is 66.5 Å². The van der Waals surface area contributed by atoms with Crippen molar-refractivity contribution in [1.29, 1.82) is 0 Å². The lowest BCUT2D eigenvalue weighted by Gasteiger charge is -2.32. The molecule has 2 aliphatic rings. The van der Waals surface area contributed by atoms with Gasteiger partial charge in [0.15, 0.2) is 0 Å². The Balaban J connectivity index is 1.18. The Labute approximate surface area is 222 Å². The molecular formula is C29H30ClN7. The summed E-state index contributed by atoms with van der Waals surface area (Å²) in [5.41, 5.74) is 5.56. The minimum absolute atomic E-state index is 0.523. The highest BCUT2D eigenvalue weighted by molar-refractivity contribution is 6.31. The monoisotopic (exact) mass is 511 g/mol. The maximum Gasteiger partial charge on any atom is 0.148 e. The number of nitrogens with zero attached hydrogens (tertiary/aromatic N) is 5. The highest BCUT2D eigenvalue weighted by Gasteiger charge is 2.17. The second-order valence-corrected chi connectivity index (χ2v) is 10.4. The third-order valence-corrected chi connectivity index (χ3v) is 7.56. The van der Waals surface area contributed by atoms with Crippen molar-refractivity contribution in [3.05, 3.63) is 70.4 Å². The third kappa shape index (κ3) is 5.62. The number of benzene rings is 2. The summed E-state index contributed by atoms with van der Waals surface area (Å²) in [5.74, 6) is 7.85. The molecule has 0 radical (unpaired) electrons. The molecule has 0 spiro atoms. The number of aromatic nitrogens is 4. The molecule has 0 bridgehead atoms. The molecule has 0 amide bonds. The Morgan fingerprint density at radius 2 is 1.86 bits per heavy atom. The Hall–Kier alpha value is -3.44. The number of piperazine rings is 1. The second kappa shape index (κ2) is 10.5. The molecule has 0 atom stereocenters. The van der Waals surface area contributed by atoms with E-state index in [9.17, 15) is 0 Å². The van der Waals surface area contributed by atoms with Gasteiger partial charge in [0.2, 0.25) is 0 Å². The van der Waals surface area contributed by atoms with Crippen molar-refractivity contribution in [3.8, 4) is 23.2 Å². The van der Waals surface area contributed by atoms with Gasteiger partial charge in [0.25, 0.3) is 0 Å². The summed E-state index contributed by atoms with van der Waals surface area (Å²) in [6.45, 7) is 5.40. The zero-order valence-corrected chi connectivity index (χ0v) is 21.7. The number of hydrogen-bond donors (Lipinski definition) is 2. The number of nitrogens with one attached hydrogen (secondary N) is 2. The Kier molecular flexibility index (Phi) is 6.79. The first-order valence-electron chi connectivity index (χ1n) is 12.9. The highest BCUT2D eigenvalue weighted by Crippen LogP contribution is 2.26. The van der Waals surface area contributed by atoms with Crippen molar-refractivity contribution in [1.82, 2.24) is 30.0 Å². The number of H-pyrrole nitrogens is 1. The summed E-state index contributed by atoms with van der Waals surface area (Å²) in [6.07, 6.45) is 3.67. The molecule has 37 heavy (non-hydrogen) atoms. The summed E-state index contributed by atoms with van der Waals surface area (Å²) in [5, 5.41) is 12.5. The first kappa shape index (κ1) is 23.9. The lowest BCUT2D eigenvalue weighted by Crippen LogP contribution is -2.43. The van der Waals surface area contributed by atoms with Crippen LogP contribution in [0, 0.1) is 11.8 Å². The Bertz CT molecular complexity index is 1460. The number of likely N-dealkylation sites (N-methyl/N-ethyl adjacent to an activating group) is 1. The molecule has 4 aromatic rings. The van der Waals surface area contributed by atoms with Gasteiger partial charge in [-0.25, -0.2) is 4.98 Å². The van der Waals surface area contributed by atoms with E-state index in [-0.39, 0.29) is 0 Å². The SMILES string of the molecule is CN1CCN(Cc2ccc3nc(-c4ccc(Cl)c(C#Cc5ccc(NC6CCC6)nn5)c4)[nH]c3c2)CC1. The van der Waals surface area contributed by atoms with Crippen LogP contribution in [-0.2, 0) is 6.54 Å². The Morgan fingerprint density at radius 1 is 1.00 bits per heavy atom. The molecular weight excluding hydrogens is 482 g/mol. The molecule has 1 aliphatic carbocycles. The van der Waals surface area contributed by atoms with Crippen LogP contribution in [0.2, 0.25) is 5.02 Å². The van der Waals surface area contributed by atoms with Crippen molar-refractivity contribution < 1.29 is 0 Å². The normalized spacial score (nSPS) is 16.8. The second-order valence-electron chi connectivity index (χ2n) is 10.0. The first-order valence-corrected chi connectivity index (χ1v) is 13.3. The van der Waals surface area contributed by atoms with Crippen LogP contribution in [0.4, 0.5) is 5.82 Å². The molecule has 7 nitrogen and oxygen atoms in total. The van der Waals surface area contributed by atoms with E-state index in [4.69, 9.17) is 16.6 Å². The fraction of sp³-hybridized carbons (Fsp3) is 0.345. The number of rotatable bonds is 5. The summed E-state index contributed by atoms with van der Waals surface area (Å²) >= 11 is 6.47. The molecule has 1 saturated heterocycles. The molecule has 6 rings (SSSR count). The summed E-state index contributed by atoms with van der Waals surface area (Å²) in [4.78, 5) is 13.2. The van der Waals surface area contributed by atoms with Crippen LogP contribution in [0.1, 0.15) is 36.1 Å². The number of halogens is 1. The maximum absolute atomic E-state index is 6.47. The van der Waals surface area contributed by atoms with E-state index in [0.29, 0.717) is 16.8 Å². The molecule has 1 saturated carbocycles. The van der Waals surface area contributed by atoms with Gasteiger partial charge in [-0.2, -0.15) is 0 Å². The highest BCUT2D eigenvalue weighted by atomic mass is 35.5. The lowest BCUT2D eigenvalue weighted by atomic mass is 9.93. The molecule has 1 aliphatic heterocycles. The van der Waals surface area contributed by atoms with Gasteiger partial charge < -0.3 is 15.2 Å². The predicted molar refractivity (Wildman–Crippen MR) is 149 cm³/mol. The van der Waals surface area contributed by atoms with E-state index in [1.54, 1.807) is 0 Å². The average molecular weight is 512 g/mol. The molecule has 0 unspecified atom stereocenters. The van der Waals surface area contributed by atoms with Crippen molar-refractivity contribution in [2.45, 2.75) is 31.8 Å². The fourth-order valence-electron chi connectivity index (χ4n) is 4.69. The number of anilines is 1. The van der Waals surface area contributed by atoms with Gasteiger partial charge in [0.1, 0.15) is 17.3 Å². The fourth-order valence-corrected chi connectivity index (χ4v) is 4.86. The van der Waals surface area contributed by atoms with E-state index in [2.05, 4.69) is 67.4 Å². The zero-order valence-electron chi connectivity index (χ0n) is 21.0. The lowest BCUT2D eigenvalue weighted by molar-refractivity contribution is 0.148. The van der Waals surface area contributed by atoms with Crippen LogP contribution < -0.4 is 5.32 Å². The van der Waals surface area contributed by atoms with Gasteiger partial charge in [-0.3, -0.25) is 4.90 Å². The molecule has 188 valence electrons. The van der Waals surface area contributed by atoms with Gasteiger partial charge in [-0.15, -0.1) is 10.2 Å². The van der Waals surface area contributed by atoms with Crippen molar-refractivity contribution in [2.24, 2.45) is 0 Å². The molecule has 3 heterocycles. The number of fused-ring (bicyclic) bond motifs is 1. The van der Waals surface area contributed by atoms with Crippen LogP contribution in [0.3, 0.4) is 0 Å². The van der Waals surface area contributed by atoms with Crippen molar-refractivity contribution >= 4 is 28.5 Å². The molecule has 2 fully saturated rings. The number of hydrogen-bond acceptors (Lipinski definition) is 6. The zero-order chi connectivity index (χ0) is 25.2. The van der Waals surface area contributed by atoms with Gasteiger partial charge in [-0.1, -0.05) is 23.6 Å². The maximum atomic E-state index is 6.47. The van der Waals surface area contributed by atoms with Crippen molar-refractivity contribution in [2.75, 3.05) is 38.5 Å².